The molecule has 0 aliphatic heterocycles. The Bertz CT molecular complexity index is 564. The predicted octanol–water partition coefficient (Wildman–Crippen LogP) is 4.02. The highest BCUT2D eigenvalue weighted by molar-refractivity contribution is 9.11. The Balaban J connectivity index is 2.43. The summed E-state index contributed by atoms with van der Waals surface area (Å²) < 4.78 is 1.65. The molecule has 0 aromatic heterocycles. The average molecular weight is 355 g/mol. The topological polar surface area (TPSA) is 43.1 Å². The second-order valence-electron chi connectivity index (χ2n) is 3.58. The number of hydrogen-bond acceptors (Lipinski definition) is 2. The zero-order valence-electron chi connectivity index (χ0n) is 8.78. The molecule has 0 amide bonds. The van der Waals surface area contributed by atoms with Crippen molar-refractivity contribution in [1.82, 2.24) is 0 Å². The van der Waals surface area contributed by atoms with Crippen LogP contribution in [0.1, 0.15) is 15.9 Å². The van der Waals surface area contributed by atoms with E-state index >= 15 is 0 Å². The normalized spacial score (nSPS) is 10.2. The summed E-state index contributed by atoms with van der Waals surface area (Å²) in [5.74, 6) is -0.0295. The minimum Gasteiger partial charge on any atom is -0.399 e. The summed E-state index contributed by atoms with van der Waals surface area (Å²) in [6.07, 6.45) is 0. The molecule has 0 radical (unpaired) electrons. The van der Waals surface area contributed by atoms with E-state index in [1.54, 1.807) is 30.3 Å². The van der Waals surface area contributed by atoms with Gasteiger partial charge in [0, 0.05) is 25.8 Å². The quantitative estimate of drug-likeness (QED) is 0.653. The average Bonchev–Trinajstić information content (AvgIpc) is 2.32. The van der Waals surface area contributed by atoms with Crippen molar-refractivity contribution in [2.45, 2.75) is 0 Å². The number of anilines is 1. The van der Waals surface area contributed by atoms with Gasteiger partial charge in [-0.05, 0) is 42.5 Å². The predicted molar refractivity (Wildman–Crippen MR) is 76.1 cm³/mol. The summed E-state index contributed by atoms with van der Waals surface area (Å²) in [6, 6.07) is 12.4. The third-order valence-corrected chi connectivity index (χ3v) is 3.53. The van der Waals surface area contributed by atoms with Crippen LogP contribution in [0.2, 0.25) is 0 Å². The Hall–Kier alpha value is -1.13. The first-order chi connectivity index (χ1) is 8.08. The maximum absolute atomic E-state index is 12.2. The lowest BCUT2D eigenvalue weighted by molar-refractivity contribution is 0.103. The van der Waals surface area contributed by atoms with Gasteiger partial charge < -0.3 is 5.73 Å². The maximum Gasteiger partial charge on any atom is 0.194 e. The molecule has 0 aliphatic carbocycles. The fourth-order valence-corrected chi connectivity index (χ4v) is 2.25. The molecule has 2 aromatic rings. The Kier molecular flexibility index (Phi) is 3.64. The van der Waals surface area contributed by atoms with Crippen molar-refractivity contribution >= 4 is 43.3 Å². The summed E-state index contributed by atoms with van der Waals surface area (Å²) in [4.78, 5) is 12.2. The molecule has 0 fully saturated rings. The number of carbonyl (C=O) groups excluding carboxylic acids is 1. The summed E-state index contributed by atoms with van der Waals surface area (Å²) in [7, 11) is 0. The molecule has 0 saturated carbocycles. The third kappa shape index (κ3) is 2.76. The van der Waals surface area contributed by atoms with Gasteiger partial charge in [-0.1, -0.05) is 31.9 Å². The number of carbonyl (C=O) groups is 1. The fourth-order valence-electron chi connectivity index (χ4n) is 1.46. The fraction of sp³-hybridized carbons (Fsp3) is 0. The van der Waals surface area contributed by atoms with Gasteiger partial charge in [0.2, 0.25) is 0 Å². The van der Waals surface area contributed by atoms with Crippen LogP contribution >= 0.6 is 31.9 Å². The minimum absolute atomic E-state index is 0.0295. The molecule has 0 aliphatic rings. The number of hydrogen-bond donors (Lipinski definition) is 1. The summed E-state index contributed by atoms with van der Waals surface area (Å²) in [6.45, 7) is 0. The van der Waals surface area contributed by atoms with Crippen molar-refractivity contribution < 1.29 is 4.79 Å². The molecule has 2 rings (SSSR count). The summed E-state index contributed by atoms with van der Waals surface area (Å²) >= 11 is 6.73. The van der Waals surface area contributed by atoms with Gasteiger partial charge in [0.25, 0.3) is 0 Å². The Labute approximate surface area is 116 Å². The summed E-state index contributed by atoms with van der Waals surface area (Å²) in [5.41, 5.74) is 7.49. The molecule has 2 N–H and O–H groups in total. The SMILES string of the molecule is Nc1ccc(C(=O)c2cc(Br)ccc2Br)cc1. The van der Waals surface area contributed by atoms with Crippen LogP contribution in [-0.2, 0) is 0 Å². The first-order valence-electron chi connectivity index (χ1n) is 4.93. The van der Waals surface area contributed by atoms with E-state index in [0.29, 0.717) is 16.8 Å². The first-order valence-corrected chi connectivity index (χ1v) is 6.52. The number of nitrogen functional groups attached to an aromatic ring is 1. The molecular formula is C13H9Br2NO. The first kappa shape index (κ1) is 12.3. The van der Waals surface area contributed by atoms with Gasteiger partial charge >= 0.3 is 0 Å². The van der Waals surface area contributed by atoms with Crippen LogP contribution < -0.4 is 5.73 Å². The van der Waals surface area contributed by atoms with Crippen molar-refractivity contribution in [2.75, 3.05) is 5.73 Å². The lowest BCUT2D eigenvalue weighted by atomic mass is 10.0. The van der Waals surface area contributed by atoms with Crippen LogP contribution in [0.15, 0.2) is 51.4 Å². The molecule has 0 spiro atoms. The largest absolute Gasteiger partial charge is 0.399 e. The van der Waals surface area contributed by atoms with Crippen molar-refractivity contribution in [3.63, 3.8) is 0 Å². The van der Waals surface area contributed by atoms with Gasteiger partial charge in [-0.3, -0.25) is 4.79 Å². The zero-order valence-corrected chi connectivity index (χ0v) is 12.0. The van der Waals surface area contributed by atoms with Crippen LogP contribution in [0.25, 0.3) is 0 Å². The van der Waals surface area contributed by atoms with E-state index in [-0.39, 0.29) is 5.78 Å². The number of halogens is 2. The van der Waals surface area contributed by atoms with Crippen LogP contribution in [0, 0.1) is 0 Å². The van der Waals surface area contributed by atoms with E-state index in [4.69, 9.17) is 5.73 Å². The molecule has 0 heterocycles. The van der Waals surface area contributed by atoms with Gasteiger partial charge in [0.1, 0.15) is 0 Å². The van der Waals surface area contributed by atoms with Crippen molar-refractivity contribution in [2.24, 2.45) is 0 Å². The second kappa shape index (κ2) is 5.02. The van der Waals surface area contributed by atoms with E-state index in [0.717, 1.165) is 8.95 Å². The minimum atomic E-state index is -0.0295. The maximum atomic E-state index is 12.2. The molecule has 2 nitrogen and oxygen atoms in total. The van der Waals surface area contributed by atoms with Gasteiger partial charge in [0.15, 0.2) is 5.78 Å². The molecule has 0 atom stereocenters. The van der Waals surface area contributed by atoms with Crippen molar-refractivity contribution in [3.8, 4) is 0 Å². The summed E-state index contributed by atoms with van der Waals surface area (Å²) in [5, 5.41) is 0. The van der Waals surface area contributed by atoms with Gasteiger partial charge in [-0.15, -0.1) is 0 Å². The van der Waals surface area contributed by atoms with Crippen LogP contribution in [-0.4, -0.2) is 5.78 Å². The van der Waals surface area contributed by atoms with E-state index in [1.807, 2.05) is 12.1 Å². The van der Waals surface area contributed by atoms with Crippen LogP contribution in [0.4, 0.5) is 5.69 Å². The van der Waals surface area contributed by atoms with E-state index in [9.17, 15) is 4.79 Å². The Morgan fingerprint density at radius 3 is 2.29 bits per heavy atom. The second-order valence-corrected chi connectivity index (χ2v) is 5.35. The highest BCUT2D eigenvalue weighted by Gasteiger charge is 2.12. The Morgan fingerprint density at radius 2 is 1.65 bits per heavy atom. The smallest absolute Gasteiger partial charge is 0.194 e. The number of rotatable bonds is 2. The van der Waals surface area contributed by atoms with E-state index in [2.05, 4.69) is 31.9 Å². The van der Waals surface area contributed by atoms with Crippen LogP contribution in [0.5, 0.6) is 0 Å². The molecule has 0 saturated heterocycles. The monoisotopic (exact) mass is 353 g/mol. The molecule has 17 heavy (non-hydrogen) atoms. The van der Waals surface area contributed by atoms with Crippen molar-refractivity contribution in [1.29, 1.82) is 0 Å². The lowest BCUT2D eigenvalue weighted by Crippen LogP contribution is -2.02. The van der Waals surface area contributed by atoms with E-state index < -0.39 is 0 Å². The molecule has 4 heteroatoms. The number of nitrogens with two attached hydrogens (primary N) is 1. The molecule has 0 unspecified atom stereocenters. The van der Waals surface area contributed by atoms with E-state index in [1.165, 1.54) is 0 Å². The Morgan fingerprint density at radius 1 is 1.00 bits per heavy atom. The molecule has 0 bridgehead atoms. The lowest BCUT2D eigenvalue weighted by Gasteiger charge is -2.05. The molecular weight excluding hydrogens is 346 g/mol. The molecule has 2 aromatic carbocycles. The zero-order chi connectivity index (χ0) is 12.4. The van der Waals surface area contributed by atoms with Gasteiger partial charge in [0.05, 0.1) is 0 Å². The number of ketones is 1. The number of benzene rings is 2. The standard InChI is InChI=1S/C13H9Br2NO/c14-9-3-6-12(15)11(7-9)13(17)8-1-4-10(16)5-2-8/h1-7H,16H2. The van der Waals surface area contributed by atoms with Crippen LogP contribution in [0.3, 0.4) is 0 Å². The third-order valence-electron chi connectivity index (χ3n) is 2.35. The van der Waals surface area contributed by atoms with Crippen molar-refractivity contribution in [3.05, 3.63) is 62.5 Å². The molecule has 86 valence electrons. The highest BCUT2D eigenvalue weighted by Crippen LogP contribution is 2.24. The van der Waals surface area contributed by atoms with Gasteiger partial charge in [-0.25, -0.2) is 0 Å². The highest BCUT2D eigenvalue weighted by atomic mass is 79.9. The van der Waals surface area contributed by atoms with Gasteiger partial charge in [-0.2, -0.15) is 0 Å².